The summed E-state index contributed by atoms with van der Waals surface area (Å²) in [6.07, 6.45) is 3.77. The number of halogens is 1. The molecule has 4 rings (SSSR count). The molecule has 1 aliphatic rings. The average molecular weight is 412 g/mol. The lowest BCUT2D eigenvalue weighted by Crippen LogP contribution is -2.29. The molecule has 1 fully saturated rings. The fourth-order valence-corrected chi connectivity index (χ4v) is 4.45. The Morgan fingerprint density at radius 3 is 2.64 bits per heavy atom. The molecule has 2 heterocycles. The van der Waals surface area contributed by atoms with Crippen molar-refractivity contribution in [1.82, 2.24) is 4.98 Å². The highest BCUT2D eigenvalue weighted by Crippen LogP contribution is 2.31. The second kappa shape index (κ2) is 8.76. The van der Waals surface area contributed by atoms with Crippen molar-refractivity contribution in [3.8, 4) is 11.3 Å². The molecule has 1 amide bonds. The third-order valence-electron chi connectivity index (χ3n) is 4.87. The summed E-state index contributed by atoms with van der Waals surface area (Å²) in [5.74, 6) is -0.239. The molecule has 3 aromatic rings. The van der Waals surface area contributed by atoms with Gasteiger partial charge in [0.2, 0.25) is 5.91 Å². The molecule has 0 saturated carbocycles. The maximum atomic E-state index is 12.5. The first kappa shape index (κ1) is 19.0. The van der Waals surface area contributed by atoms with E-state index in [1.54, 1.807) is 11.3 Å². The van der Waals surface area contributed by atoms with E-state index in [2.05, 4.69) is 15.6 Å². The molecule has 144 valence electrons. The van der Waals surface area contributed by atoms with Crippen molar-refractivity contribution in [1.29, 1.82) is 0 Å². The van der Waals surface area contributed by atoms with Crippen LogP contribution in [0.25, 0.3) is 11.3 Å². The van der Waals surface area contributed by atoms with Crippen LogP contribution in [0.5, 0.6) is 0 Å². The van der Waals surface area contributed by atoms with Gasteiger partial charge in [-0.3, -0.25) is 4.79 Å². The molecule has 4 nitrogen and oxygen atoms in total. The van der Waals surface area contributed by atoms with E-state index >= 15 is 0 Å². The Balaban J connectivity index is 1.47. The Hall–Kier alpha value is -2.37. The molecule has 0 radical (unpaired) electrons. The minimum Gasteiger partial charge on any atom is -0.348 e. The van der Waals surface area contributed by atoms with Crippen molar-refractivity contribution in [3.63, 3.8) is 0 Å². The average Bonchev–Trinajstić information content (AvgIpc) is 3.25. The molecule has 1 aromatic heterocycles. The molecule has 2 aromatic carbocycles. The Labute approximate surface area is 174 Å². The van der Waals surface area contributed by atoms with Crippen molar-refractivity contribution < 1.29 is 4.79 Å². The van der Waals surface area contributed by atoms with E-state index in [9.17, 15) is 4.79 Å². The number of nitrogens with zero attached hydrogens (tertiary/aromatic N) is 2. The van der Waals surface area contributed by atoms with Crippen LogP contribution in [-0.4, -0.2) is 24.0 Å². The summed E-state index contributed by atoms with van der Waals surface area (Å²) in [6, 6.07) is 17.1. The summed E-state index contributed by atoms with van der Waals surface area (Å²) >= 11 is 8.00. The highest BCUT2D eigenvalue weighted by Gasteiger charge is 2.18. The zero-order chi connectivity index (χ0) is 19.3. The third kappa shape index (κ3) is 4.37. The molecular formula is C22H22ClN3OS. The molecule has 0 spiro atoms. The molecule has 1 saturated heterocycles. The first-order chi connectivity index (χ1) is 13.7. The lowest BCUT2D eigenvalue weighted by atomic mass is 10.1. The minimum atomic E-state index is -0.727. The van der Waals surface area contributed by atoms with Gasteiger partial charge in [0.05, 0.1) is 5.69 Å². The Kier molecular flexibility index (Phi) is 5.93. The van der Waals surface area contributed by atoms with Crippen molar-refractivity contribution in [2.75, 3.05) is 23.3 Å². The van der Waals surface area contributed by atoms with Crippen LogP contribution < -0.4 is 10.2 Å². The number of rotatable bonds is 5. The van der Waals surface area contributed by atoms with Crippen molar-refractivity contribution in [3.05, 3.63) is 65.5 Å². The lowest BCUT2D eigenvalue weighted by molar-refractivity contribution is -0.116. The molecule has 0 unspecified atom stereocenters. The molecule has 1 aliphatic heterocycles. The molecule has 1 atom stereocenters. The first-order valence-corrected chi connectivity index (χ1v) is 10.8. The van der Waals surface area contributed by atoms with Gasteiger partial charge in [0.25, 0.3) is 0 Å². The molecule has 6 heteroatoms. The number of amides is 1. The van der Waals surface area contributed by atoms with Gasteiger partial charge < -0.3 is 10.2 Å². The van der Waals surface area contributed by atoms with E-state index < -0.39 is 5.38 Å². The van der Waals surface area contributed by atoms with Gasteiger partial charge in [0.1, 0.15) is 5.38 Å². The van der Waals surface area contributed by atoms with Crippen molar-refractivity contribution in [2.45, 2.75) is 24.6 Å². The Bertz CT molecular complexity index is 938. The van der Waals surface area contributed by atoms with E-state index in [1.807, 2.05) is 54.6 Å². The van der Waals surface area contributed by atoms with Crippen LogP contribution in [0.3, 0.4) is 0 Å². The number of carbonyl (C=O) groups is 1. The zero-order valence-corrected chi connectivity index (χ0v) is 17.0. The maximum Gasteiger partial charge on any atom is 0.246 e. The van der Waals surface area contributed by atoms with Crippen molar-refractivity contribution in [2.24, 2.45) is 0 Å². The lowest BCUT2D eigenvalue weighted by Gasteiger charge is -2.25. The van der Waals surface area contributed by atoms with Crippen molar-refractivity contribution >= 4 is 39.7 Å². The maximum absolute atomic E-state index is 12.5. The zero-order valence-electron chi connectivity index (χ0n) is 15.5. The van der Waals surface area contributed by atoms with E-state index in [-0.39, 0.29) is 5.91 Å². The predicted octanol–water partition coefficient (Wildman–Crippen LogP) is 5.72. The number of hydrogen-bond acceptors (Lipinski definition) is 4. The van der Waals surface area contributed by atoms with Crippen LogP contribution in [0.4, 0.5) is 10.8 Å². The second-order valence-electron chi connectivity index (χ2n) is 6.91. The quantitative estimate of drug-likeness (QED) is 0.546. The highest BCUT2D eigenvalue weighted by atomic mass is 35.5. The number of anilines is 2. The number of thiazole rings is 1. The summed E-state index contributed by atoms with van der Waals surface area (Å²) in [4.78, 5) is 19.7. The van der Waals surface area contributed by atoms with Gasteiger partial charge >= 0.3 is 0 Å². The Morgan fingerprint density at radius 1 is 1.07 bits per heavy atom. The van der Waals surface area contributed by atoms with E-state index in [0.717, 1.165) is 40.7 Å². The third-order valence-corrected chi connectivity index (χ3v) is 6.22. The van der Waals surface area contributed by atoms with Gasteiger partial charge in [-0.05, 0) is 37.0 Å². The van der Waals surface area contributed by atoms with Crippen LogP contribution in [0.15, 0.2) is 60.0 Å². The number of hydrogen-bond donors (Lipinski definition) is 1. The summed E-state index contributed by atoms with van der Waals surface area (Å²) in [5.41, 5.74) is 3.43. The predicted molar refractivity (Wildman–Crippen MR) is 117 cm³/mol. The molecule has 0 bridgehead atoms. The summed E-state index contributed by atoms with van der Waals surface area (Å²) in [7, 11) is 0. The summed E-state index contributed by atoms with van der Waals surface area (Å²) in [6.45, 7) is 2.17. The number of carbonyl (C=O) groups excluding carboxylic acids is 1. The SMILES string of the molecule is O=C(Nc1cccc(-c2csc(N3CCCCC3)n2)c1)[C@H](Cl)c1ccccc1. The van der Waals surface area contributed by atoms with Crippen LogP contribution in [0.1, 0.15) is 30.2 Å². The molecule has 1 N–H and O–H groups in total. The molecule has 28 heavy (non-hydrogen) atoms. The largest absolute Gasteiger partial charge is 0.348 e. The summed E-state index contributed by atoms with van der Waals surface area (Å²) < 4.78 is 0. The smallest absolute Gasteiger partial charge is 0.246 e. The van der Waals surface area contributed by atoms with Crippen LogP contribution in [0, 0.1) is 0 Å². The van der Waals surface area contributed by atoms with E-state index in [1.165, 1.54) is 19.3 Å². The van der Waals surface area contributed by atoms with Gasteiger partial charge in [-0.25, -0.2) is 4.98 Å². The van der Waals surface area contributed by atoms with Gasteiger partial charge in [-0.1, -0.05) is 42.5 Å². The molecular weight excluding hydrogens is 390 g/mol. The fraction of sp³-hybridized carbons (Fsp3) is 0.273. The standard InChI is InChI=1S/C22H22ClN3OS/c23-20(16-8-3-1-4-9-16)21(27)24-18-11-7-10-17(14-18)19-15-28-22(25-19)26-12-5-2-6-13-26/h1,3-4,7-11,14-15,20H,2,5-6,12-13H2,(H,24,27)/t20-/m1/s1. The Morgan fingerprint density at radius 2 is 1.86 bits per heavy atom. The fourth-order valence-electron chi connectivity index (χ4n) is 3.36. The first-order valence-electron chi connectivity index (χ1n) is 9.51. The number of piperidine rings is 1. The van der Waals surface area contributed by atoms with Crippen LogP contribution in [-0.2, 0) is 4.79 Å². The van der Waals surface area contributed by atoms with E-state index in [0.29, 0.717) is 0 Å². The van der Waals surface area contributed by atoms with Gasteiger partial charge in [0.15, 0.2) is 5.13 Å². The monoisotopic (exact) mass is 411 g/mol. The van der Waals surface area contributed by atoms with Crippen LogP contribution >= 0.6 is 22.9 Å². The topological polar surface area (TPSA) is 45.2 Å². The van der Waals surface area contributed by atoms with E-state index in [4.69, 9.17) is 16.6 Å². The number of alkyl halides is 1. The normalized spacial score (nSPS) is 15.2. The number of aromatic nitrogens is 1. The summed E-state index contributed by atoms with van der Waals surface area (Å²) in [5, 5.41) is 5.35. The van der Waals surface area contributed by atoms with Gasteiger partial charge in [0, 0.05) is 29.7 Å². The van der Waals surface area contributed by atoms with Gasteiger partial charge in [-0.15, -0.1) is 22.9 Å². The van der Waals surface area contributed by atoms with Crippen LogP contribution in [0.2, 0.25) is 0 Å². The minimum absolute atomic E-state index is 0.239. The second-order valence-corrected chi connectivity index (χ2v) is 8.18. The number of benzene rings is 2. The number of nitrogens with one attached hydrogen (secondary N) is 1. The molecule has 0 aliphatic carbocycles. The highest BCUT2D eigenvalue weighted by molar-refractivity contribution is 7.14. The van der Waals surface area contributed by atoms with Gasteiger partial charge in [-0.2, -0.15) is 0 Å².